The maximum absolute atomic E-state index is 13.4. The predicted octanol–water partition coefficient (Wildman–Crippen LogP) is 2.76. The Kier molecular flexibility index (Phi) is 5.92. The van der Waals surface area contributed by atoms with Crippen LogP contribution in [0.4, 0.5) is 9.39 Å². The Morgan fingerprint density at radius 3 is 2.61 bits per heavy atom. The second-order valence-electron chi connectivity index (χ2n) is 6.80. The highest BCUT2D eigenvalue weighted by Crippen LogP contribution is 2.31. The zero-order chi connectivity index (χ0) is 23.7. The van der Waals surface area contributed by atoms with E-state index in [0.717, 1.165) is 16.0 Å². The first-order chi connectivity index (χ1) is 15.8. The molecule has 1 amide bonds. The first-order valence-corrected chi connectivity index (χ1v) is 10.6. The first kappa shape index (κ1) is 22.1. The number of aromatic nitrogens is 4. The highest BCUT2D eigenvalue weighted by atomic mass is 32.1. The van der Waals surface area contributed by atoms with Crippen molar-refractivity contribution in [2.24, 2.45) is 7.05 Å². The van der Waals surface area contributed by atoms with Gasteiger partial charge in [0, 0.05) is 24.0 Å². The number of hydrogen-bond acceptors (Lipinski definition) is 8. The van der Waals surface area contributed by atoms with Gasteiger partial charge < -0.3 is 14.8 Å². The van der Waals surface area contributed by atoms with E-state index in [2.05, 4.69) is 15.5 Å². The molecule has 4 rings (SSSR count). The molecule has 4 aromatic rings. The lowest BCUT2D eigenvalue weighted by atomic mass is 10.2. The summed E-state index contributed by atoms with van der Waals surface area (Å²) in [7, 11) is 3.02. The van der Waals surface area contributed by atoms with Crippen molar-refractivity contribution < 1.29 is 23.5 Å². The van der Waals surface area contributed by atoms with E-state index in [1.54, 1.807) is 19.4 Å². The van der Waals surface area contributed by atoms with Crippen LogP contribution in [0.3, 0.4) is 0 Å². The number of esters is 1. The number of anilines is 1. The number of halogens is 1. The molecule has 12 heteroatoms. The van der Waals surface area contributed by atoms with Gasteiger partial charge in [-0.05, 0) is 31.2 Å². The fourth-order valence-corrected chi connectivity index (χ4v) is 4.13. The third kappa shape index (κ3) is 4.07. The lowest BCUT2D eigenvalue weighted by Gasteiger charge is -2.10. The Morgan fingerprint density at radius 1 is 1.21 bits per heavy atom. The molecular formula is C21H18FN5O5S. The van der Waals surface area contributed by atoms with Crippen molar-refractivity contribution >= 4 is 39.0 Å². The van der Waals surface area contributed by atoms with Gasteiger partial charge in [-0.3, -0.25) is 14.3 Å². The summed E-state index contributed by atoms with van der Waals surface area (Å²) < 4.78 is 26.0. The van der Waals surface area contributed by atoms with Crippen LogP contribution in [0.15, 0.2) is 40.6 Å². The third-order valence-corrected chi connectivity index (χ3v) is 5.55. The van der Waals surface area contributed by atoms with Crippen LogP contribution in [0.5, 0.6) is 5.88 Å². The zero-order valence-corrected chi connectivity index (χ0v) is 18.6. The Bertz CT molecular complexity index is 1420. The number of fused-ring (bicyclic) bond motifs is 1. The summed E-state index contributed by atoms with van der Waals surface area (Å²) >= 11 is 1.06. The summed E-state index contributed by atoms with van der Waals surface area (Å²) in [5.74, 6) is -1.66. The van der Waals surface area contributed by atoms with Crippen molar-refractivity contribution in [1.82, 2.24) is 19.6 Å². The van der Waals surface area contributed by atoms with Crippen molar-refractivity contribution in [3.8, 4) is 11.6 Å². The smallest absolute Gasteiger partial charge is 0.359 e. The molecule has 10 nitrogen and oxygen atoms in total. The number of thiophene rings is 1. The van der Waals surface area contributed by atoms with Gasteiger partial charge in [0.1, 0.15) is 16.4 Å². The number of carbonyl (C=O) groups excluding carboxylic acids is 2. The van der Waals surface area contributed by atoms with Gasteiger partial charge in [0.05, 0.1) is 24.8 Å². The molecule has 0 saturated carbocycles. The fraction of sp³-hybridized carbons (Fsp3) is 0.190. The van der Waals surface area contributed by atoms with E-state index in [1.807, 2.05) is 0 Å². The lowest BCUT2D eigenvalue weighted by molar-refractivity contribution is 0.0520. The molecule has 0 radical (unpaired) electrons. The topological polar surface area (TPSA) is 117 Å². The molecule has 3 aromatic heterocycles. The van der Waals surface area contributed by atoms with Gasteiger partial charge in [0.15, 0.2) is 5.69 Å². The van der Waals surface area contributed by atoms with Gasteiger partial charge in [0.2, 0.25) is 5.88 Å². The lowest BCUT2D eigenvalue weighted by Crippen LogP contribution is -2.25. The molecule has 1 N–H and O–H groups in total. The van der Waals surface area contributed by atoms with E-state index in [9.17, 15) is 18.8 Å². The molecule has 0 spiro atoms. The Balaban J connectivity index is 1.88. The van der Waals surface area contributed by atoms with Crippen molar-refractivity contribution in [3.05, 3.63) is 63.3 Å². The number of methoxy groups -OCH3 is 1. The number of amides is 1. The number of aryl methyl sites for hydroxylation is 1. The minimum absolute atomic E-state index is 0.0681. The van der Waals surface area contributed by atoms with E-state index in [-0.39, 0.29) is 45.2 Å². The van der Waals surface area contributed by atoms with Gasteiger partial charge >= 0.3 is 5.97 Å². The molecule has 0 unspecified atom stereocenters. The van der Waals surface area contributed by atoms with Gasteiger partial charge in [-0.15, -0.1) is 16.4 Å². The molecule has 33 heavy (non-hydrogen) atoms. The SMILES string of the molecule is CCOC(=O)c1nn(-c2ccc(F)cc2)c(=O)c2c(NC(=O)c3cn(C)nc3OC)scc12. The van der Waals surface area contributed by atoms with Crippen LogP contribution in [-0.2, 0) is 11.8 Å². The quantitative estimate of drug-likeness (QED) is 0.430. The Morgan fingerprint density at radius 2 is 1.94 bits per heavy atom. The molecular weight excluding hydrogens is 453 g/mol. The number of carbonyl (C=O) groups is 2. The highest BCUT2D eigenvalue weighted by molar-refractivity contribution is 7.16. The summed E-state index contributed by atoms with van der Waals surface area (Å²) in [6, 6.07) is 5.05. The van der Waals surface area contributed by atoms with Crippen molar-refractivity contribution in [2.75, 3.05) is 19.0 Å². The largest absolute Gasteiger partial charge is 0.479 e. The minimum Gasteiger partial charge on any atom is -0.479 e. The molecule has 0 aliphatic carbocycles. The van der Waals surface area contributed by atoms with Crippen LogP contribution in [0, 0.1) is 5.82 Å². The van der Waals surface area contributed by atoms with E-state index in [1.165, 1.54) is 42.3 Å². The number of rotatable bonds is 6. The minimum atomic E-state index is -0.733. The van der Waals surface area contributed by atoms with Gasteiger partial charge in [-0.1, -0.05) is 0 Å². The molecule has 0 aliphatic heterocycles. The molecule has 0 aliphatic rings. The first-order valence-electron chi connectivity index (χ1n) is 9.70. The molecule has 0 atom stereocenters. The van der Waals surface area contributed by atoms with Crippen LogP contribution < -0.4 is 15.6 Å². The number of benzene rings is 1. The van der Waals surface area contributed by atoms with Crippen LogP contribution >= 0.6 is 11.3 Å². The third-order valence-electron chi connectivity index (χ3n) is 4.65. The van der Waals surface area contributed by atoms with E-state index in [4.69, 9.17) is 9.47 Å². The van der Waals surface area contributed by atoms with E-state index < -0.39 is 23.3 Å². The number of nitrogens with zero attached hydrogens (tertiary/aromatic N) is 4. The van der Waals surface area contributed by atoms with Gasteiger partial charge in [-0.2, -0.15) is 9.78 Å². The highest BCUT2D eigenvalue weighted by Gasteiger charge is 2.24. The normalized spacial score (nSPS) is 10.9. The maximum atomic E-state index is 13.4. The zero-order valence-electron chi connectivity index (χ0n) is 17.8. The molecule has 0 bridgehead atoms. The van der Waals surface area contributed by atoms with Crippen molar-refractivity contribution in [2.45, 2.75) is 6.92 Å². The fourth-order valence-electron chi connectivity index (χ4n) is 3.19. The molecule has 170 valence electrons. The van der Waals surface area contributed by atoms with Gasteiger partial charge in [-0.25, -0.2) is 9.18 Å². The van der Waals surface area contributed by atoms with Crippen LogP contribution in [0.25, 0.3) is 16.5 Å². The Labute approximate surface area is 190 Å². The molecule has 1 aromatic carbocycles. The number of nitrogens with one attached hydrogen (secondary N) is 1. The predicted molar refractivity (Wildman–Crippen MR) is 119 cm³/mol. The molecule has 0 fully saturated rings. The van der Waals surface area contributed by atoms with E-state index >= 15 is 0 Å². The number of ether oxygens (including phenoxy) is 2. The summed E-state index contributed by atoms with van der Waals surface area (Å²) in [5.41, 5.74) is -0.294. The average molecular weight is 471 g/mol. The summed E-state index contributed by atoms with van der Waals surface area (Å²) in [4.78, 5) is 38.8. The van der Waals surface area contributed by atoms with Crippen LogP contribution in [-0.4, -0.2) is 45.2 Å². The molecule has 0 saturated heterocycles. The summed E-state index contributed by atoms with van der Waals surface area (Å²) in [6.07, 6.45) is 1.48. The second kappa shape index (κ2) is 8.82. The van der Waals surface area contributed by atoms with Crippen molar-refractivity contribution in [3.63, 3.8) is 0 Å². The number of hydrogen-bond donors (Lipinski definition) is 1. The van der Waals surface area contributed by atoms with Crippen molar-refractivity contribution in [1.29, 1.82) is 0 Å². The van der Waals surface area contributed by atoms with E-state index in [0.29, 0.717) is 0 Å². The summed E-state index contributed by atoms with van der Waals surface area (Å²) in [6.45, 7) is 1.75. The maximum Gasteiger partial charge on any atom is 0.359 e. The van der Waals surface area contributed by atoms with Gasteiger partial charge in [0.25, 0.3) is 11.5 Å². The monoisotopic (exact) mass is 471 g/mol. The Hall–Kier alpha value is -4.06. The standard InChI is InChI=1S/C21H18FN5O5S/c1-4-32-21(30)16-14-10-33-19(23-17(28)13-9-26(2)25-18(13)31-3)15(14)20(29)27(24-16)12-7-5-11(22)6-8-12/h5-10H,4H2,1-3H3,(H,23,28). The second-order valence-corrected chi connectivity index (χ2v) is 7.68. The molecule has 3 heterocycles. The average Bonchev–Trinajstić information content (AvgIpc) is 3.38. The van der Waals surface area contributed by atoms with Crippen LogP contribution in [0.2, 0.25) is 0 Å². The summed E-state index contributed by atoms with van der Waals surface area (Å²) in [5, 5.41) is 13.0. The van der Waals surface area contributed by atoms with Crippen LogP contribution in [0.1, 0.15) is 27.8 Å².